The van der Waals surface area contributed by atoms with Crippen molar-refractivity contribution in [1.82, 2.24) is 19.7 Å². The average molecular weight is 224 g/mol. The van der Waals surface area contributed by atoms with Crippen molar-refractivity contribution in [3.05, 3.63) is 12.2 Å². The third-order valence-electron chi connectivity index (χ3n) is 3.02. The number of piperidine rings is 1. The van der Waals surface area contributed by atoms with E-state index in [4.69, 9.17) is 5.11 Å². The molecule has 0 aromatic carbocycles. The van der Waals surface area contributed by atoms with Crippen LogP contribution in [0.3, 0.4) is 0 Å². The van der Waals surface area contributed by atoms with Crippen LogP contribution in [0.15, 0.2) is 6.33 Å². The number of hydrogen-bond acceptors (Lipinski definition) is 4. The summed E-state index contributed by atoms with van der Waals surface area (Å²) in [5, 5.41) is 16.8. The number of carboxylic acid groups (broad SMARTS) is 1. The van der Waals surface area contributed by atoms with E-state index in [0.29, 0.717) is 13.1 Å². The lowest BCUT2D eigenvalue weighted by Crippen LogP contribution is -2.38. The molecule has 6 heteroatoms. The number of carbonyl (C=O) groups is 1. The maximum Gasteiger partial charge on any atom is 0.307 e. The van der Waals surface area contributed by atoms with Crippen molar-refractivity contribution < 1.29 is 9.90 Å². The first-order valence-electron chi connectivity index (χ1n) is 5.45. The van der Waals surface area contributed by atoms with Gasteiger partial charge in [-0.05, 0) is 19.4 Å². The molecule has 88 valence electrons. The van der Waals surface area contributed by atoms with Crippen LogP contribution in [-0.2, 0) is 18.4 Å². The Hall–Kier alpha value is -1.43. The molecule has 0 bridgehead atoms. The second-order valence-corrected chi connectivity index (χ2v) is 4.27. The third-order valence-corrected chi connectivity index (χ3v) is 3.02. The second-order valence-electron chi connectivity index (χ2n) is 4.27. The highest BCUT2D eigenvalue weighted by atomic mass is 16.4. The number of likely N-dealkylation sites (tertiary alicyclic amines) is 1. The van der Waals surface area contributed by atoms with E-state index < -0.39 is 5.97 Å². The minimum Gasteiger partial charge on any atom is -0.481 e. The molecule has 1 fully saturated rings. The van der Waals surface area contributed by atoms with Crippen molar-refractivity contribution in [1.29, 1.82) is 0 Å². The van der Waals surface area contributed by atoms with E-state index in [0.717, 1.165) is 25.2 Å². The molecule has 0 saturated carbocycles. The van der Waals surface area contributed by atoms with E-state index in [2.05, 4.69) is 15.1 Å². The van der Waals surface area contributed by atoms with Gasteiger partial charge in [-0.25, -0.2) is 0 Å². The van der Waals surface area contributed by atoms with Crippen LogP contribution in [0.25, 0.3) is 0 Å². The van der Waals surface area contributed by atoms with Crippen LogP contribution in [0, 0.1) is 5.92 Å². The van der Waals surface area contributed by atoms with Gasteiger partial charge in [0.1, 0.15) is 12.2 Å². The number of carboxylic acids is 1. The van der Waals surface area contributed by atoms with Crippen LogP contribution >= 0.6 is 0 Å². The van der Waals surface area contributed by atoms with Gasteiger partial charge in [-0.3, -0.25) is 9.69 Å². The van der Waals surface area contributed by atoms with Crippen molar-refractivity contribution in [2.75, 3.05) is 13.1 Å². The maximum absolute atomic E-state index is 10.9. The van der Waals surface area contributed by atoms with E-state index in [1.807, 2.05) is 11.6 Å². The van der Waals surface area contributed by atoms with E-state index in [-0.39, 0.29) is 5.92 Å². The van der Waals surface area contributed by atoms with Crippen LogP contribution < -0.4 is 0 Å². The molecule has 0 amide bonds. The Bertz CT molecular complexity index is 377. The van der Waals surface area contributed by atoms with Gasteiger partial charge in [0.25, 0.3) is 0 Å². The first-order chi connectivity index (χ1) is 7.66. The van der Waals surface area contributed by atoms with Crippen molar-refractivity contribution in [3.8, 4) is 0 Å². The molecule has 0 aliphatic carbocycles. The molecule has 0 spiro atoms. The Morgan fingerprint density at radius 3 is 3.12 bits per heavy atom. The van der Waals surface area contributed by atoms with Crippen molar-refractivity contribution in [3.63, 3.8) is 0 Å². The average Bonchev–Trinajstić information content (AvgIpc) is 2.65. The molecular formula is C10H16N4O2. The molecule has 6 nitrogen and oxygen atoms in total. The minimum absolute atomic E-state index is 0.234. The topological polar surface area (TPSA) is 71.2 Å². The van der Waals surface area contributed by atoms with E-state index in [1.165, 1.54) is 0 Å². The summed E-state index contributed by atoms with van der Waals surface area (Å²) in [6.45, 7) is 2.24. The molecule has 0 radical (unpaired) electrons. The largest absolute Gasteiger partial charge is 0.481 e. The first kappa shape index (κ1) is 11.1. The Morgan fingerprint density at radius 1 is 1.69 bits per heavy atom. The summed E-state index contributed by atoms with van der Waals surface area (Å²) in [5.74, 6) is -0.0457. The van der Waals surface area contributed by atoms with Gasteiger partial charge in [0.15, 0.2) is 0 Å². The van der Waals surface area contributed by atoms with Crippen LogP contribution in [0.2, 0.25) is 0 Å². The number of aliphatic carboxylic acids is 1. The molecule has 16 heavy (non-hydrogen) atoms. The number of hydrogen-bond donors (Lipinski definition) is 1. The van der Waals surface area contributed by atoms with Gasteiger partial charge in [-0.15, -0.1) is 10.2 Å². The molecular weight excluding hydrogens is 208 g/mol. The predicted octanol–water partition coefficient (Wildman–Crippen LogP) is 0.112. The smallest absolute Gasteiger partial charge is 0.307 e. The van der Waals surface area contributed by atoms with Gasteiger partial charge in [-0.1, -0.05) is 0 Å². The molecule has 1 aromatic heterocycles. The highest BCUT2D eigenvalue weighted by Crippen LogP contribution is 2.17. The van der Waals surface area contributed by atoms with E-state index in [9.17, 15) is 4.79 Å². The SMILES string of the molecule is Cn1cnnc1CN1CCC[C@H](C(=O)O)C1. The Balaban J connectivity index is 1.95. The predicted molar refractivity (Wildman–Crippen MR) is 56.6 cm³/mol. The summed E-state index contributed by atoms with van der Waals surface area (Å²) >= 11 is 0. The molecule has 2 rings (SSSR count). The van der Waals surface area contributed by atoms with Gasteiger partial charge in [-0.2, -0.15) is 0 Å². The van der Waals surface area contributed by atoms with Gasteiger partial charge < -0.3 is 9.67 Å². The number of aromatic nitrogens is 3. The van der Waals surface area contributed by atoms with Gasteiger partial charge in [0.2, 0.25) is 0 Å². The monoisotopic (exact) mass is 224 g/mol. The molecule has 0 unspecified atom stereocenters. The summed E-state index contributed by atoms with van der Waals surface area (Å²) < 4.78 is 1.87. The molecule has 1 aliphatic heterocycles. The number of aryl methyl sites for hydroxylation is 1. The summed E-state index contributed by atoms with van der Waals surface area (Å²) in [6, 6.07) is 0. The fraction of sp³-hybridized carbons (Fsp3) is 0.700. The molecule has 2 heterocycles. The quantitative estimate of drug-likeness (QED) is 0.789. The minimum atomic E-state index is -0.692. The molecule has 1 atom stereocenters. The van der Waals surface area contributed by atoms with Crippen molar-refractivity contribution in [2.24, 2.45) is 13.0 Å². The molecule has 1 aromatic rings. The zero-order chi connectivity index (χ0) is 11.5. The standard InChI is InChI=1S/C10H16N4O2/c1-13-7-11-12-9(13)6-14-4-2-3-8(5-14)10(15)16/h7-8H,2-6H2,1H3,(H,15,16)/t8-/m0/s1. The summed E-state index contributed by atoms with van der Waals surface area (Å²) in [5.41, 5.74) is 0. The Morgan fingerprint density at radius 2 is 2.50 bits per heavy atom. The highest BCUT2D eigenvalue weighted by molar-refractivity contribution is 5.70. The van der Waals surface area contributed by atoms with Crippen molar-refractivity contribution >= 4 is 5.97 Å². The summed E-state index contributed by atoms with van der Waals surface area (Å²) in [4.78, 5) is 13.0. The van der Waals surface area contributed by atoms with Gasteiger partial charge in [0, 0.05) is 13.6 Å². The first-order valence-corrected chi connectivity index (χ1v) is 5.45. The molecule has 1 N–H and O–H groups in total. The lowest BCUT2D eigenvalue weighted by Gasteiger charge is -2.29. The fourth-order valence-corrected chi connectivity index (χ4v) is 2.05. The molecule has 1 aliphatic rings. The van der Waals surface area contributed by atoms with E-state index in [1.54, 1.807) is 6.33 Å². The van der Waals surface area contributed by atoms with Crippen molar-refractivity contribution in [2.45, 2.75) is 19.4 Å². The fourth-order valence-electron chi connectivity index (χ4n) is 2.05. The lowest BCUT2D eigenvalue weighted by atomic mass is 9.98. The van der Waals surface area contributed by atoms with Crippen LogP contribution in [0.1, 0.15) is 18.7 Å². The summed E-state index contributed by atoms with van der Waals surface area (Å²) in [6.07, 6.45) is 3.38. The van der Waals surface area contributed by atoms with Gasteiger partial charge >= 0.3 is 5.97 Å². The normalized spacial score (nSPS) is 22.2. The third kappa shape index (κ3) is 2.38. The van der Waals surface area contributed by atoms with Crippen LogP contribution in [0.4, 0.5) is 0 Å². The highest BCUT2D eigenvalue weighted by Gasteiger charge is 2.25. The van der Waals surface area contributed by atoms with Gasteiger partial charge in [0.05, 0.1) is 12.5 Å². The van der Waals surface area contributed by atoms with Crippen LogP contribution in [0.5, 0.6) is 0 Å². The second kappa shape index (κ2) is 4.61. The zero-order valence-corrected chi connectivity index (χ0v) is 9.33. The molecule has 1 saturated heterocycles. The Kier molecular flexibility index (Phi) is 3.19. The van der Waals surface area contributed by atoms with Crippen LogP contribution in [-0.4, -0.2) is 43.8 Å². The lowest BCUT2D eigenvalue weighted by molar-refractivity contribution is -0.143. The summed E-state index contributed by atoms with van der Waals surface area (Å²) in [7, 11) is 1.90. The zero-order valence-electron chi connectivity index (χ0n) is 9.33. The number of rotatable bonds is 3. The Labute approximate surface area is 93.9 Å². The maximum atomic E-state index is 10.9. The number of nitrogens with zero attached hydrogens (tertiary/aromatic N) is 4. The van der Waals surface area contributed by atoms with E-state index >= 15 is 0 Å².